The molecule has 0 spiro atoms. The number of hydrogen-bond donors (Lipinski definition) is 0. The third-order valence-corrected chi connectivity index (χ3v) is 12.3. The van der Waals surface area contributed by atoms with Crippen LogP contribution in [-0.2, 0) is 0 Å². The fraction of sp³-hybridized carbons (Fsp3) is 0. The maximum atomic E-state index is 5.38. The van der Waals surface area contributed by atoms with Gasteiger partial charge in [-0.2, -0.15) is 0 Å². The zero-order valence-corrected chi connectivity index (χ0v) is 36.3. The maximum Gasteiger partial charge on any atom is 0.160 e. The average molecular weight is 841 g/mol. The molecule has 310 valence electrons. The van der Waals surface area contributed by atoms with Crippen molar-refractivity contribution in [1.82, 2.24) is 9.97 Å². The Balaban J connectivity index is 1.12. The molecule has 0 unspecified atom stereocenters. The van der Waals surface area contributed by atoms with E-state index in [9.17, 15) is 0 Å². The van der Waals surface area contributed by atoms with Crippen LogP contribution in [0.3, 0.4) is 0 Å². The van der Waals surface area contributed by atoms with Crippen LogP contribution >= 0.6 is 0 Å². The van der Waals surface area contributed by atoms with Gasteiger partial charge in [0.05, 0.1) is 11.4 Å². The molecular formula is C64H44N2. The molecule has 0 N–H and O–H groups in total. The van der Waals surface area contributed by atoms with E-state index >= 15 is 0 Å². The number of benzene rings is 10. The molecule has 0 radical (unpaired) electrons. The molecule has 0 atom stereocenters. The van der Waals surface area contributed by atoms with Crippen LogP contribution in [0, 0.1) is 0 Å². The van der Waals surface area contributed by atoms with Crippen molar-refractivity contribution in [3.05, 3.63) is 267 Å². The third-order valence-electron chi connectivity index (χ3n) is 12.3. The van der Waals surface area contributed by atoms with E-state index in [2.05, 4.69) is 267 Å². The van der Waals surface area contributed by atoms with Gasteiger partial charge < -0.3 is 0 Å². The summed E-state index contributed by atoms with van der Waals surface area (Å²) in [6.07, 6.45) is 0. The molecule has 1 heterocycles. The molecule has 11 aromatic rings. The quantitative estimate of drug-likeness (QED) is 0.137. The number of aromatic nitrogens is 2. The molecule has 66 heavy (non-hydrogen) atoms. The first kappa shape index (κ1) is 40.1. The molecule has 0 aliphatic rings. The van der Waals surface area contributed by atoms with Gasteiger partial charge in [-0.3, -0.25) is 0 Å². The van der Waals surface area contributed by atoms with Crippen LogP contribution in [0.1, 0.15) is 0 Å². The van der Waals surface area contributed by atoms with E-state index in [1.54, 1.807) is 0 Å². The molecule has 2 heteroatoms. The molecule has 0 amide bonds. The standard InChI is InChI=1S/C64H44N2/c1-7-22-45(23-8-1)53-34-21-35-54(42-53)59-44-60(56-37-20-19-36-55(56)46-24-9-2-10-25-46)66-64(65-59)52-40-38-48(39-41-52)58-43-57(47-26-11-3-12-27-47)61(49-28-13-4-14-29-49)63(51-32-17-6-18-33-51)62(58)50-30-15-5-16-31-50/h1-44H. The molecular weight excluding hydrogens is 797 g/mol. The highest BCUT2D eigenvalue weighted by atomic mass is 14.9. The highest BCUT2D eigenvalue weighted by Crippen LogP contribution is 2.50. The van der Waals surface area contributed by atoms with Crippen molar-refractivity contribution in [2.24, 2.45) is 0 Å². The van der Waals surface area contributed by atoms with E-state index in [0.29, 0.717) is 5.82 Å². The van der Waals surface area contributed by atoms with E-state index in [4.69, 9.17) is 9.97 Å². The van der Waals surface area contributed by atoms with Crippen LogP contribution in [-0.4, -0.2) is 9.97 Å². The Labute approximate surface area is 386 Å². The van der Waals surface area contributed by atoms with E-state index in [1.165, 1.54) is 27.8 Å². The van der Waals surface area contributed by atoms with Gasteiger partial charge in [0.2, 0.25) is 0 Å². The summed E-state index contributed by atoms with van der Waals surface area (Å²) in [5, 5.41) is 0. The van der Waals surface area contributed by atoms with Crippen molar-refractivity contribution < 1.29 is 0 Å². The van der Waals surface area contributed by atoms with Crippen molar-refractivity contribution in [2.45, 2.75) is 0 Å². The molecule has 2 nitrogen and oxygen atoms in total. The van der Waals surface area contributed by atoms with Gasteiger partial charge in [0.15, 0.2) is 5.82 Å². The summed E-state index contributed by atoms with van der Waals surface area (Å²) in [7, 11) is 0. The highest BCUT2D eigenvalue weighted by Gasteiger charge is 2.24. The molecule has 0 bridgehead atoms. The molecule has 10 aromatic carbocycles. The second-order valence-electron chi connectivity index (χ2n) is 16.5. The van der Waals surface area contributed by atoms with Gasteiger partial charge in [-0.1, -0.05) is 249 Å². The van der Waals surface area contributed by atoms with Crippen LogP contribution in [0.15, 0.2) is 267 Å². The first-order valence-corrected chi connectivity index (χ1v) is 22.5. The van der Waals surface area contributed by atoms with E-state index in [0.717, 1.165) is 78.1 Å². The van der Waals surface area contributed by atoms with Gasteiger partial charge in [0.25, 0.3) is 0 Å². The molecule has 11 rings (SSSR count). The SMILES string of the molecule is c1ccc(-c2cccc(-c3cc(-c4ccccc4-c4ccccc4)nc(-c4ccc(-c5cc(-c6ccccc6)c(-c6ccccc6)c(-c6ccccc6)c5-c5ccccc5)cc4)n3)c2)cc1. The van der Waals surface area contributed by atoms with Gasteiger partial charge in [-0.15, -0.1) is 0 Å². The lowest BCUT2D eigenvalue weighted by atomic mass is 9.79. The minimum Gasteiger partial charge on any atom is -0.228 e. The molecule has 0 saturated carbocycles. The van der Waals surface area contributed by atoms with Gasteiger partial charge >= 0.3 is 0 Å². The second kappa shape index (κ2) is 18.2. The monoisotopic (exact) mass is 840 g/mol. The Morgan fingerprint density at radius 3 is 1.08 bits per heavy atom. The Bertz CT molecular complexity index is 3410. The minimum atomic E-state index is 0.666. The average Bonchev–Trinajstić information content (AvgIpc) is 3.41. The Hall–Kier alpha value is -8.72. The van der Waals surface area contributed by atoms with Crippen LogP contribution in [0.5, 0.6) is 0 Å². The number of nitrogens with zero attached hydrogens (tertiary/aromatic N) is 2. The molecule has 0 fully saturated rings. The van der Waals surface area contributed by atoms with Crippen molar-refractivity contribution >= 4 is 0 Å². The third kappa shape index (κ3) is 8.05. The highest BCUT2D eigenvalue weighted by molar-refractivity contribution is 6.07. The summed E-state index contributed by atoms with van der Waals surface area (Å²) in [5.74, 6) is 0.666. The van der Waals surface area contributed by atoms with Crippen molar-refractivity contribution in [1.29, 1.82) is 0 Å². The predicted octanol–water partition coefficient (Wildman–Crippen LogP) is 17.1. The summed E-state index contributed by atoms with van der Waals surface area (Å²) in [5.41, 5.74) is 21.0. The summed E-state index contributed by atoms with van der Waals surface area (Å²) < 4.78 is 0. The van der Waals surface area contributed by atoms with Crippen LogP contribution in [0.4, 0.5) is 0 Å². The van der Waals surface area contributed by atoms with Gasteiger partial charge in [-0.05, 0) is 96.1 Å². The zero-order valence-electron chi connectivity index (χ0n) is 36.3. The smallest absolute Gasteiger partial charge is 0.160 e. The molecule has 0 aliphatic carbocycles. The lowest BCUT2D eigenvalue weighted by molar-refractivity contribution is 1.18. The van der Waals surface area contributed by atoms with E-state index in [1.807, 2.05) is 0 Å². The first-order valence-electron chi connectivity index (χ1n) is 22.5. The lowest BCUT2D eigenvalue weighted by Gasteiger charge is -2.24. The number of hydrogen-bond acceptors (Lipinski definition) is 2. The van der Waals surface area contributed by atoms with E-state index in [-0.39, 0.29) is 0 Å². The molecule has 1 aromatic heterocycles. The summed E-state index contributed by atoms with van der Waals surface area (Å²) in [4.78, 5) is 10.7. The summed E-state index contributed by atoms with van der Waals surface area (Å²) in [6.45, 7) is 0. The number of rotatable bonds is 10. The normalized spacial score (nSPS) is 11.0. The molecule has 0 saturated heterocycles. The van der Waals surface area contributed by atoms with Crippen molar-refractivity contribution in [3.63, 3.8) is 0 Å². The summed E-state index contributed by atoms with van der Waals surface area (Å²) in [6, 6.07) is 95.0. The van der Waals surface area contributed by atoms with Crippen LogP contribution in [0.2, 0.25) is 0 Å². The van der Waals surface area contributed by atoms with Crippen molar-refractivity contribution in [3.8, 4) is 112 Å². The van der Waals surface area contributed by atoms with Crippen LogP contribution < -0.4 is 0 Å². The Morgan fingerprint density at radius 1 is 0.182 bits per heavy atom. The predicted molar refractivity (Wildman–Crippen MR) is 276 cm³/mol. The lowest BCUT2D eigenvalue weighted by Crippen LogP contribution is -1.99. The fourth-order valence-corrected chi connectivity index (χ4v) is 9.18. The van der Waals surface area contributed by atoms with E-state index < -0.39 is 0 Å². The Morgan fingerprint density at radius 2 is 0.545 bits per heavy atom. The van der Waals surface area contributed by atoms with Gasteiger partial charge in [0, 0.05) is 16.7 Å². The molecule has 0 aliphatic heterocycles. The first-order chi connectivity index (χ1) is 32.7. The minimum absolute atomic E-state index is 0.666. The van der Waals surface area contributed by atoms with Gasteiger partial charge in [0.1, 0.15) is 0 Å². The second-order valence-corrected chi connectivity index (χ2v) is 16.5. The van der Waals surface area contributed by atoms with Crippen molar-refractivity contribution in [2.75, 3.05) is 0 Å². The van der Waals surface area contributed by atoms with Crippen LogP contribution in [0.25, 0.3) is 112 Å². The maximum absolute atomic E-state index is 5.38. The Kier molecular flexibility index (Phi) is 11.0. The largest absolute Gasteiger partial charge is 0.228 e. The van der Waals surface area contributed by atoms with Gasteiger partial charge in [-0.25, -0.2) is 9.97 Å². The fourth-order valence-electron chi connectivity index (χ4n) is 9.18. The zero-order chi connectivity index (χ0) is 44.1. The summed E-state index contributed by atoms with van der Waals surface area (Å²) >= 11 is 0. The topological polar surface area (TPSA) is 25.8 Å².